The zero-order chi connectivity index (χ0) is 21.8. The van der Waals surface area contributed by atoms with Gasteiger partial charge >= 0.3 is 0 Å². The normalized spacial score (nSPS) is 10.8. The van der Waals surface area contributed by atoms with E-state index < -0.39 is 0 Å². The number of hydrogen-bond acceptors (Lipinski definition) is 6. The van der Waals surface area contributed by atoms with E-state index in [1.54, 1.807) is 29.9 Å². The SMILES string of the molecule is Nc1ccc(-c2cccs2)cc1N(Cc1ccccc1)c1nccc(-c2cccnc2)n1. The van der Waals surface area contributed by atoms with E-state index in [2.05, 4.69) is 56.6 Å². The predicted octanol–water partition coefficient (Wildman–Crippen LogP) is 6.19. The van der Waals surface area contributed by atoms with Gasteiger partial charge in [0.2, 0.25) is 5.95 Å². The van der Waals surface area contributed by atoms with Gasteiger partial charge in [-0.15, -0.1) is 11.3 Å². The molecule has 0 amide bonds. The first kappa shape index (κ1) is 19.9. The number of pyridine rings is 1. The average molecular weight is 436 g/mol. The van der Waals surface area contributed by atoms with Crippen molar-refractivity contribution in [2.75, 3.05) is 10.6 Å². The van der Waals surface area contributed by atoms with Gasteiger partial charge in [0, 0.05) is 29.0 Å². The van der Waals surface area contributed by atoms with Gasteiger partial charge in [0.1, 0.15) is 0 Å². The molecule has 0 fully saturated rings. The van der Waals surface area contributed by atoms with Crippen LogP contribution in [-0.4, -0.2) is 15.0 Å². The van der Waals surface area contributed by atoms with E-state index in [0.717, 1.165) is 28.1 Å². The minimum Gasteiger partial charge on any atom is -0.397 e. The molecule has 0 radical (unpaired) electrons. The highest BCUT2D eigenvalue weighted by Crippen LogP contribution is 2.36. The third kappa shape index (κ3) is 4.22. The Morgan fingerprint density at radius 1 is 0.844 bits per heavy atom. The Morgan fingerprint density at radius 3 is 2.53 bits per heavy atom. The smallest absolute Gasteiger partial charge is 0.230 e. The van der Waals surface area contributed by atoms with E-state index >= 15 is 0 Å². The van der Waals surface area contributed by atoms with Crippen LogP contribution >= 0.6 is 11.3 Å². The maximum absolute atomic E-state index is 6.48. The highest BCUT2D eigenvalue weighted by molar-refractivity contribution is 7.13. The molecule has 0 spiro atoms. The fourth-order valence-electron chi connectivity index (χ4n) is 3.56. The average Bonchev–Trinajstić information content (AvgIpc) is 3.40. The molecule has 0 aliphatic heterocycles. The summed E-state index contributed by atoms with van der Waals surface area (Å²) < 4.78 is 0. The van der Waals surface area contributed by atoms with Crippen molar-refractivity contribution in [1.82, 2.24) is 15.0 Å². The van der Waals surface area contributed by atoms with Crippen molar-refractivity contribution < 1.29 is 0 Å². The van der Waals surface area contributed by atoms with E-state index in [1.165, 1.54) is 4.88 Å². The van der Waals surface area contributed by atoms with Gasteiger partial charge in [-0.25, -0.2) is 9.97 Å². The van der Waals surface area contributed by atoms with E-state index in [9.17, 15) is 0 Å². The van der Waals surface area contributed by atoms with Gasteiger partial charge in [-0.05, 0) is 52.9 Å². The molecule has 156 valence electrons. The molecule has 3 heterocycles. The van der Waals surface area contributed by atoms with E-state index in [-0.39, 0.29) is 0 Å². The van der Waals surface area contributed by atoms with Crippen LogP contribution < -0.4 is 10.6 Å². The first-order valence-corrected chi connectivity index (χ1v) is 11.1. The number of nitrogens with two attached hydrogens (primary N) is 1. The molecule has 2 aromatic carbocycles. The molecule has 0 aliphatic rings. The van der Waals surface area contributed by atoms with Crippen LogP contribution in [0.2, 0.25) is 0 Å². The number of hydrogen-bond donors (Lipinski definition) is 1. The lowest BCUT2D eigenvalue weighted by Gasteiger charge is -2.25. The number of benzene rings is 2. The minimum absolute atomic E-state index is 0.588. The van der Waals surface area contributed by atoms with Gasteiger partial charge in [-0.3, -0.25) is 4.98 Å². The molecular formula is C26H21N5S. The van der Waals surface area contributed by atoms with Crippen LogP contribution in [0, 0.1) is 0 Å². The van der Waals surface area contributed by atoms with Gasteiger partial charge < -0.3 is 10.6 Å². The quantitative estimate of drug-likeness (QED) is 0.322. The lowest BCUT2D eigenvalue weighted by atomic mass is 10.1. The van der Waals surface area contributed by atoms with Crippen molar-refractivity contribution in [2.24, 2.45) is 0 Å². The summed E-state index contributed by atoms with van der Waals surface area (Å²) in [7, 11) is 0. The molecule has 0 unspecified atom stereocenters. The third-order valence-electron chi connectivity index (χ3n) is 5.15. The molecule has 0 saturated heterocycles. The second-order valence-electron chi connectivity index (χ2n) is 7.31. The molecule has 0 atom stereocenters. The van der Waals surface area contributed by atoms with Gasteiger partial charge in [0.15, 0.2) is 0 Å². The molecule has 0 aliphatic carbocycles. The molecule has 5 nitrogen and oxygen atoms in total. The van der Waals surface area contributed by atoms with Crippen LogP contribution in [0.25, 0.3) is 21.7 Å². The van der Waals surface area contributed by atoms with E-state index in [4.69, 9.17) is 10.7 Å². The standard InChI is InChI=1S/C26H21N5S/c27-22-11-10-20(25-9-5-15-32-25)16-24(22)31(18-19-6-2-1-3-7-19)26-29-14-12-23(30-26)21-8-4-13-28-17-21/h1-17H,18,27H2. The first-order chi connectivity index (χ1) is 15.8. The molecule has 0 saturated carbocycles. The highest BCUT2D eigenvalue weighted by atomic mass is 32.1. The summed E-state index contributed by atoms with van der Waals surface area (Å²) in [6, 6.07) is 26.3. The monoisotopic (exact) mass is 435 g/mol. The zero-order valence-electron chi connectivity index (χ0n) is 17.3. The molecule has 5 aromatic rings. The molecule has 32 heavy (non-hydrogen) atoms. The Hall–Kier alpha value is -4.03. The maximum Gasteiger partial charge on any atom is 0.230 e. The van der Waals surface area contributed by atoms with Crippen molar-refractivity contribution in [2.45, 2.75) is 6.54 Å². The van der Waals surface area contributed by atoms with Gasteiger partial charge in [0.25, 0.3) is 0 Å². The molecule has 2 N–H and O–H groups in total. The van der Waals surface area contributed by atoms with Crippen molar-refractivity contribution >= 4 is 28.7 Å². The second kappa shape index (κ2) is 8.99. The number of nitrogens with zero attached hydrogens (tertiary/aromatic N) is 4. The highest BCUT2D eigenvalue weighted by Gasteiger charge is 2.18. The van der Waals surface area contributed by atoms with E-state index in [1.807, 2.05) is 42.5 Å². The lowest BCUT2D eigenvalue weighted by molar-refractivity contribution is 0.914. The summed E-state index contributed by atoms with van der Waals surface area (Å²) in [6.45, 7) is 0.593. The van der Waals surface area contributed by atoms with Gasteiger partial charge in [0.05, 0.1) is 23.6 Å². The molecule has 5 rings (SSSR count). The maximum atomic E-state index is 6.48. The summed E-state index contributed by atoms with van der Waals surface area (Å²) in [5, 5.41) is 2.08. The topological polar surface area (TPSA) is 67.9 Å². The van der Waals surface area contributed by atoms with Crippen LogP contribution in [0.1, 0.15) is 5.56 Å². The predicted molar refractivity (Wildman–Crippen MR) is 132 cm³/mol. The number of rotatable bonds is 6. The van der Waals surface area contributed by atoms with Gasteiger partial charge in [-0.1, -0.05) is 42.5 Å². The number of anilines is 3. The van der Waals surface area contributed by atoms with E-state index in [0.29, 0.717) is 18.2 Å². The lowest BCUT2D eigenvalue weighted by Crippen LogP contribution is -2.20. The Bertz CT molecular complexity index is 1300. The largest absolute Gasteiger partial charge is 0.397 e. The molecule has 0 bridgehead atoms. The summed E-state index contributed by atoms with van der Waals surface area (Å²) in [4.78, 5) is 17.0. The second-order valence-corrected chi connectivity index (χ2v) is 8.25. The summed E-state index contributed by atoms with van der Waals surface area (Å²) in [5.41, 5.74) is 12.0. The fraction of sp³-hybridized carbons (Fsp3) is 0.0385. The van der Waals surface area contributed by atoms with Crippen LogP contribution in [0.15, 0.2) is 103 Å². The zero-order valence-corrected chi connectivity index (χ0v) is 18.1. The van der Waals surface area contributed by atoms with Crippen LogP contribution in [0.3, 0.4) is 0 Å². The van der Waals surface area contributed by atoms with Crippen molar-refractivity contribution in [3.8, 4) is 21.7 Å². The Labute approximate surface area is 190 Å². The summed E-state index contributed by atoms with van der Waals surface area (Å²) in [5.74, 6) is 0.588. The minimum atomic E-state index is 0.588. The molecular weight excluding hydrogens is 414 g/mol. The number of thiophene rings is 1. The van der Waals surface area contributed by atoms with Crippen molar-refractivity contribution in [1.29, 1.82) is 0 Å². The Morgan fingerprint density at radius 2 is 1.75 bits per heavy atom. The van der Waals surface area contributed by atoms with Crippen LogP contribution in [0.5, 0.6) is 0 Å². The van der Waals surface area contributed by atoms with Crippen molar-refractivity contribution in [3.63, 3.8) is 0 Å². The van der Waals surface area contributed by atoms with Crippen molar-refractivity contribution in [3.05, 3.63) is 108 Å². The Balaban J connectivity index is 1.62. The molecule has 3 aromatic heterocycles. The first-order valence-electron chi connectivity index (χ1n) is 10.3. The van der Waals surface area contributed by atoms with Crippen LogP contribution in [0.4, 0.5) is 17.3 Å². The summed E-state index contributed by atoms with van der Waals surface area (Å²) >= 11 is 1.70. The summed E-state index contributed by atoms with van der Waals surface area (Å²) in [6.07, 6.45) is 5.34. The van der Waals surface area contributed by atoms with Gasteiger partial charge in [-0.2, -0.15) is 0 Å². The fourth-order valence-corrected chi connectivity index (χ4v) is 4.28. The Kier molecular flexibility index (Phi) is 5.59. The molecule has 6 heteroatoms. The number of aromatic nitrogens is 3. The third-order valence-corrected chi connectivity index (χ3v) is 6.07. The number of nitrogen functional groups attached to an aromatic ring is 1. The van der Waals surface area contributed by atoms with Crippen LogP contribution in [-0.2, 0) is 6.54 Å².